The lowest BCUT2D eigenvalue weighted by Gasteiger charge is -1.97. The van der Waals surface area contributed by atoms with E-state index in [1.807, 2.05) is 0 Å². The fraction of sp³-hybridized carbons (Fsp3) is 0.417. The summed E-state index contributed by atoms with van der Waals surface area (Å²) in [5.74, 6) is 1.02. The van der Waals surface area contributed by atoms with Gasteiger partial charge in [-0.2, -0.15) is 0 Å². The Kier molecular flexibility index (Phi) is 3.51. The zero-order valence-electron chi connectivity index (χ0n) is 9.71. The first kappa shape index (κ1) is 11.5. The predicted molar refractivity (Wildman–Crippen MR) is 70.0 cm³/mol. The van der Waals surface area contributed by atoms with Crippen molar-refractivity contribution in [2.24, 2.45) is 5.73 Å². The molecule has 0 unspecified atom stereocenters. The minimum atomic E-state index is 0.742. The molecule has 3 N–H and O–H groups in total. The van der Waals surface area contributed by atoms with Crippen LogP contribution in [0.3, 0.4) is 0 Å². The molecule has 4 heteroatoms. The zero-order valence-corrected chi connectivity index (χ0v) is 10.5. The number of aromatic amines is 1. The molecule has 0 amide bonds. The van der Waals surface area contributed by atoms with Gasteiger partial charge in [-0.25, -0.2) is 4.98 Å². The summed E-state index contributed by atoms with van der Waals surface area (Å²) in [6, 6.07) is 4.29. The summed E-state index contributed by atoms with van der Waals surface area (Å²) in [5.41, 5.74) is 10.2. The van der Waals surface area contributed by atoms with Crippen molar-refractivity contribution in [3.8, 4) is 0 Å². The fourth-order valence-electron chi connectivity index (χ4n) is 1.57. The Labute approximate surface area is 99.8 Å². The van der Waals surface area contributed by atoms with Gasteiger partial charge in [-0.15, -0.1) is 0 Å². The molecule has 2 rings (SSSR count). The first-order valence-electron chi connectivity index (χ1n) is 5.50. The average Bonchev–Trinajstić information content (AvgIpc) is 2.61. The summed E-state index contributed by atoms with van der Waals surface area (Å²) in [6.07, 6.45) is 1.03. The maximum Gasteiger partial charge on any atom is 0.166 e. The topological polar surface area (TPSA) is 54.7 Å². The van der Waals surface area contributed by atoms with Crippen molar-refractivity contribution in [2.45, 2.75) is 25.4 Å². The molecule has 0 radical (unpaired) electrons. The van der Waals surface area contributed by atoms with E-state index in [2.05, 4.69) is 35.9 Å². The second kappa shape index (κ2) is 4.89. The smallest absolute Gasteiger partial charge is 0.166 e. The number of rotatable bonds is 4. The third-order valence-electron chi connectivity index (χ3n) is 2.66. The van der Waals surface area contributed by atoms with Crippen molar-refractivity contribution in [1.29, 1.82) is 0 Å². The number of aryl methyl sites for hydroxylation is 2. The van der Waals surface area contributed by atoms with Crippen molar-refractivity contribution >= 4 is 22.8 Å². The molecular formula is C12H17N3S. The van der Waals surface area contributed by atoms with Crippen LogP contribution in [-0.4, -0.2) is 22.3 Å². The van der Waals surface area contributed by atoms with Crippen LogP contribution < -0.4 is 5.73 Å². The largest absolute Gasteiger partial charge is 0.333 e. The molecular weight excluding hydrogens is 218 g/mol. The Balaban J connectivity index is 2.23. The van der Waals surface area contributed by atoms with Gasteiger partial charge in [0.1, 0.15) is 0 Å². The van der Waals surface area contributed by atoms with Crippen LogP contribution in [0.5, 0.6) is 0 Å². The standard InChI is InChI=1S/C12H17N3S/c1-8-6-10-11(7-9(8)2)15-12(14-10)16-5-3-4-13/h6-7H,3-5,13H2,1-2H3,(H,14,15). The molecule has 1 heterocycles. The molecule has 0 atom stereocenters. The number of nitrogens with one attached hydrogen (secondary N) is 1. The van der Waals surface area contributed by atoms with Crippen molar-refractivity contribution in [3.05, 3.63) is 23.3 Å². The van der Waals surface area contributed by atoms with Crippen molar-refractivity contribution in [2.75, 3.05) is 12.3 Å². The van der Waals surface area contributed by atoms with Crippen LogP contribution in [0, 0.1) is 13.8 Å². The third-order valence-corrected chi connectivity index (χ3v) is 3.62. The number of hydrogen-bond donors (Lipinski definition) is 2. The molecule has 86 valence electrons. The highest BCUT2D eigenvalue weighted by molar-refractivity contribution is 7.99. The van der Waals surface area contributed by atoms with E-state index in [-0.39, 0.29) is 0 Å². The zero-order chi connectivity index (χ0) is 11.5. The van der Waals surface area contributed by atoms with Crippen molar-refractivity contribution in [3.63, 3.8) is 0 Å². The molecule has 0 bridgehead atoms. The van der Waals surface area contributed by atoms with Gasteiger partial charge < -0.3 is 10.7 Å². The minimum absolute atomic E-state index is 0.742. The Morgan fingerprint density at radius 3 is 2.81 bits per heavy atom. The maximum absolute atomic E-state index is 5.46. The Hall–Kier alpha value is -1.00. The number of nitrogens with two attached hydrogens (primary N) is 1. The highest BCUT2D eigenvalue weighted by Gasteiger charge is 2.04. The molecule has 16 heavy (non-hydrogen) atoms. The van der Waals surface area contributed by atoms with Gasteiger partial charge in [-0.1, -0.05) is 11.8 Å². The molecule has 0 saturated heterocycles. The second-order valence-electron chi connectivity index (χ2n) is 3.99. The van der Waals surface area contributed by atoms with E-state index in [0.29, 0.717) is 0 Å². The monoisotopic (exact) mass is 235 g/mol. The van der Waals surface area contributed by atoms with E-state index in [1.54, 1.807) is 11.8 Å². The van der Waals surface area contributed by atoms with Gasteiger partial charge in [0, 0.05) is 5.75 Å². The maximum atomic E-state index is 5.46. The van der Waals surface area contributed by atoms with Gasteiger partial charge in [0.25, 0.3) is 0 Å². The van der Waals surface area contributed by atoms with Gasteiger partial charge >= 0.3 is 0 Å². The van der Waals surface area contributed by atoms with Crippen molar-refractivity contribution < 1.29 is 0 Å². The summed E-state index contributed by atoms with van der Waals surface area (Å²) in [7, 11) is 0. The van der Waals surface area contributed by atoms with Crippen LogP contribution in [0.1, 0.15) is 17.5 Å². The van der Waals surface area contributed by atoms with E-state index in [9.17, 15) is 0 Å². The molecule has 3 nitrogen and oxygen atoms in total. The van der Waals surface area contributed by atoms with Gasteiger partial charge in [0.2, 0.25) is 0 Å². The molecule has 1 aromatic carbocycles. The summed E-state index contributed by atoms with van der Waals surface area (Å²) < 4.78 is 0. The van der Waals surface area contributed by atoms with Gasteiger partial charge in [-0.05, 0) is 50.1 Å². The minimum Gasteiger partial charge on any atom is -0.333 e. The van der Waals surface area contributed by atoms with Gasteiger partial charge in [-0.3, -0.25) is 0 Å². The molecule has 0 aliphatic carbocycles. The van der Waals surface area contributed by atoms with Crippen LogP contribution in [0.25, 0.3) is 11.0 Å². The lowest BCUT2D eigenvalue weighted by Crippen LogP contribution is -1.99. The van der Waals surface area contributed by atoms with Gasteiger partial charge in [0.15, 0.2) is 5.16 Å². The van der Waals surface area contributed by atoms with E-state index in [0.717, 1.165) is 34.9 Å². The molecule has 1 aromatic heterocycles. The van der Waals surface area contributed by atoms with E-state index in [4.69, 9.17) is 5.73 Å². The average molecular weight is 235 g/mol. The number of fused-ring (bicyclic) bond motifs is 1. The van der Waals surface area contributed by atoms with Crippen LogP contribution in [0.4, 0.5) is 0 Å². The van der Waals surface area contributed by atoms with Crippen molar-refractivity contribution in [1.82, 2.24) is 9.97 Å². The summed E-state index contributed by atoms with van der Waals surface area (Å²) in [6.45, 7) is 4.98. The first-order chi connectivity index (χ1) is 7.70. The lowest BCUT2D eigenvalue weighted by atomic mass is 10.1. The van der Waals surface area contributed by atoms with Crippen LogP contribution >= 0.6 is 11.8 Å². The number of hydrogen-bond acceptors (Lipinski definition) is 3. The Bertz CT molecular complexity index is 451. The molecule has 0 saturated carbocycles. The fourth-order valence-corrected chi connectivity index (χ4v) is 2.42. The summed E-state index contributed by atoms with van der Waals surface area (Å²) >= 11 is 1.74. The number of nitrogens with zero attached hydrogens (tertiary/aromatic N) is 1. The molecule has 0 aliphatic rings. The third kappa shape index (κ3) is 2.39. The predicted octanol–water partition coefficient (Wildman–Crippen LogP) is 2.62. The van der Waals surface area contributed by atoms with E-state index >= 15 is 0 Å². The lowest BCUT2D eigenvalue weighted by molar-refractivity contribution is 0.938. The highest BCUT2D eigenvalue weighted by Crippen LogP contribution is 2.22. The first-order valence-corrected chi connectivity index (χ1v) is 6.49. The summed E-state index contributed by atoms with van der Waals surface area (Å²) in [4.78, 5) is 7.89. The second-order valence-corrected chi connectivity index (χ2v) is 5.07. The SMILES string of the molecule is Cc1cc2nc(SCCCN)[nH]c2cc1C. The number of thioether (sulfide) groups is 1. The normalized spacial score (nSPS) is 11.2. The van der Waals surface area contributed by atoms with E-state index < -0.39 is 0 Å². The van der Waals surface area contributed by atoms with E-state index in [1.165, 1.54) is 11.1 Å². The Morgan fingerprint density at radius 2 is 2.06 bits per heavy atom. The van der Waals surface area contributed by atoms with Gasteiger partial charge in [0.05, 0.1) is 11.0 Å². The molecule has 0 spiro atoms. The molecule has 0 fully saturated rings. The van der Waals surface area contributed by atoms with Crippen LogP contribution in [-0.2, 0) is 0 Å². The number of aromatic nitrogens is 2. The molecule has 2 aromatic rings. The Morgan fingerprint density at radius 1 is 1.31 bits per heavy atom. The quantitative estimate of drug-likeness (QED) is 0.632. The number of H-pyrrole nitrogens is 1. The molecule has 0 aliphatic heterocycles. The number of imidazole rings is 1. The van der Waals surface area contributed by atoms with Crippen LogP contribution in [0.2, 0.25) is 0 Å². The highest BCUT2D eigenvalue weighted by atomic mass is 32.2. The number of benzene rings is 1. The summed E-state index contributed by atoms with van der Waals surface area (Å²) in [5, 5.41) is 0.994. The van der Waals surface area contributed by atoms with Crippen LogP contribution in [0.15, 0.2) is 17.3 Å².